The molecule has 0 spiro atoms. The Balaban J connectivity index is 2.49. The van der Waals surface area contributed by atoms with E-state index in [1.54, 1.807) is 13.3 Å². The van der Waals surface area contributed by atoms with Gasteiger partial charge in [-0.2, -0.15) is 0 Å². The lowest BCUT2D eigenvalue weighted by atomic mass is 10.4. The van der Waals surface area contributed by atoms with Gasteiger partial charge < -0.3 is 9.72 Å². The first kappa shape index (κ1) is 8.47. The first-order valence-electron chi connectivity index (χ1n) is 3.78. The molecule has 13 heavy (non-hydrogen) atoms. The van der Waals surface area contributed by atoms with Crippen LogP contribution in [0.5, 0.6) is 0 Å². The van der Waals surface area contributed by atoms with Crippen LogP contribution in [0.2, 0.25) is 5.28 Å². The van der Waals surface area contributed by atoms with Crippen LogP contribution in [0.25, 0.3) is 11.0 Å². The molecule has 2 aromatic rings. The largest absolute Gasteiger partial charge is 0.378 e. The topological polar surface area (TPSA) is 50.8 Å². The number of hydrogen-bond donors (Lipinski definition) is 1. The zero-order valence-corrected chi connectivity index (χ0v) is 7.80. The van der Waals surface area contributed by atoms with Crippen molar-refractivity contribution in [2.45, 2.75) is 6.61 Å². The molecule has 0 radical (unpaired) electrons. The van der Waals surface area contributed by atoms with E-state index in [1.807, 2.05) is 6.07 Å². The van der Waals surface area contributed by atoms with Crippen LogP contribution >= 0.6 is 11.6 Å². The Hall–Kier alpha value is -1.13. The van der Waals surface area contributed by atoms with Crippen molar-refractivity contribution in [3.8, 4) is 0 Å². The van der Waals surface area contributed by atoms with Crippen molar-refractivity contribution in [3.63, 3.8) is 0 Å². The first-order chi connectivity index (χ1) is 6.29. The molecule has 4 nitrogen and oxygen atoms in total. The average Bonchev–Trinajstić information content (AvgIpc) is 2.46. The highest BCUT2D eigenvalue weighted by molar-refractivity contribution is 6.28. The SMILES string of the molecule is COCc1cc2nc(Cl)ncc2[nH]1. The fraction of sp³-hybridized carbons (Fsp3) is 0.250. The van der Waals surface area contributed by atoms with Crippen LogP contribution in [0.4, 0.5) is 0 Å². The molecule has 2 rings (SSSR count). The quantitative estimate of drug-likeness (QED) is 0.747. The van der Waals surface area contributed by atoms with E-state index in [2.05, 4.69) is 15.0 Å². The maximum atomic E-state index is 5.64. The van der Waals surface area contributed by atoms with Gasteiger partial charge in [-0.3, -0.25) is 0 Å². The van der Waals surface area contributed by atoms with Gasteiger partial charge in [0.05, 0.1) is 23.8 Å². The lowest BCUT2D eigenvalue weighted by Gasteiger charge is -1.91. The van der Waals surface area contributed by atoms with Crippen molar-refractivity contribution in [2.75, 3.05) is 7.11 Å². The highest BCUT2D eigenvalue weighted by Gasteiger charge is 2.02. The van der Waals surface area contributed by atoms with E-state index in [-0.39, 0.29) is 5.28 Å². The summed E-state index contributed by atoms with van der Waals surface area (Å²) in [4.78, 5) is 11.0. The molecule has 0 aliphatic carbocycles. The number of methoxy groups -OCH3 is 1. The summed E-state index contributed by atoms with van der Waals surface area (Å²) >= 11 is 5.64. The van der Waals surface area contributed by atoms with Gasteiger partial charge in [-0.15, -0.1) is 0 Å². The summed E-state index contributed by atoms with van der Waals surface area (Å²) in [6.45, 7) is 0.536. The number of nitrogens with zero attached hydrogens (tertiary/aromatic N) is 2. The Kier molecular flexibility index (Phi) is 2.16. The molecule has 0 aliphatic heterocycles. The third-order valence-corrected chi connectivity index (χ3v) is 1.88. The van der Waals surface area contributed by atoms with Crippen LogP contribution in [0.15, 0.2) is 12.3 Å². The maximum Gasteiger partial charge on any atom is 0.223 e. The Morgan fingerprint density at radius 2 is 2.46 bits per heavy atom. The van der Waals surface area contributed by atoms with E-state index < -0.39 is 0 Å². The summed E-state index contributed by atoms with van der Waals surface area (Å²) in [6, 6.07) is 1.90. The first-order valence-corrected chi connectivity index (χ1v) is 4.16. The van der Waals surface area contributed by atoms with E-state index >= 15 is 0 Å². The molecular weight excluding hydrogens is 190 g/mol. The Labute approximate surface area is 79.9 Å². The monoisotopic (exact) mass is 197 g/mol. The van der Waals surface area contributed by atoms with Crippen LogP contribution in [-0.4, -0.2) is 22.1 Å². The van der Waals surface area contributed by atoms with Gasteiger partial charge in [-0.25, -0.2) is 9.97 Å². The predicted molar refractivity (Wildman–Crippen MR) is 49.6 cm³/mol. The second-order valence-electron chi connectivity index (χ2n) is 2.67. The van der Waals surface area contributed by atoms with Crippen molar-refractivity contribution in [3.05, 3.63) is 23.2 Å². The van der Waals surface area contributed by atoms with E-state index in [4.69, 9.17) is 16.3 Å². The molecule has 5 heteroatoms. The summed E-state index contributed by atoms with van der Waals surface area (Å²) in [6.07, 6.45) is 1.66. The molecule has 1 N–H and O–H groups in total. The number of fused-ring (bicyclic) bond motifs is 1. The number of aromatic nitrogens is 3. The lowest BCUT2D eigenvalue weighted by molar-refractivity contribution is 0.182. The van der Waals surface area contributed by atoms with Crippen molar-refractivity contribution in [2.24, 2.45) is 0 Å². The van der Waals surface area contributed by atoms with Crippen molar-refractivity contribution < 1.29 is 4.74 Å². The van der Waals surface area contributed by atoms with Gasteiger partial charge in [0, 0.05) is 12.8 Å². The van der Waals surface area contributed by atoms with Gasteiger partial charge >= 0.3 is 0 Å². The van der Waals surface area contributed by atoms with E-state index in [1.165, 1.54) is 0 Å². The van der Waals surface area contributed by atoms with Gasteiger partial charge in [0.2, 0.25) is 5.28 Å². The van der Waals surface area contributed by atoms with Gasteiger partial charge in [0.25, 0.3) is 0 Å². The highest BCUT2D eigenvalue weighted by Crippen LogP contribution is 2.14. The van der Waals surface area contributed by atoms with Gasteiger partial charge in [-0.1, -0.05) is 0 Å². The number of aromatic amines is 1. The molecule has 0 fully saturated rings. The number of hydrogen-bond acceptors (Lipinski definition) is 3. The van der Waals surface area contributed by atoms with Crippen LogP contribution in [0.1, 0.15) is 5.69 Å². The Morgan fingerprint density at radius 1 is 1.62 bits per heavy atom. The van der Waals surface area contributed by atoms with Crippen LogP contribution in [0, 0.1) is 0 Å². The molecule has 0 aromatic carbocycles. The number of H-pyrrole nitrogens is 1. The molecule has 0 saturated heterocycles. The zero-order chi connectivity index (χ0) is 9.26. The summed E-state index contributed by atoms with van der Waals surface area (Å²) in [7, 11) is 1.64. The van der Waals surface area contributed by atoms with Crippen molar-refractivity contribution in [1.29, 1.82) is 0 Å². The Bertz CT molecular complexity index is 426. The molecule has 0 aliphatic rings. The van der Waals surface area contributed by atoms with E-state index in [9.17, 15) is 0 Å². The minimum atomic E-state index is 0.260. The normalized spacial score (nSPS) is 10.9. The fourth-order valence-corrected chi connectivity index (χ4v) is 1.33. The van der Waals surface area contributed by atoms with E-state index in [0.717, 1.165) is 16.7 Å². The zero-order valence-electron chi connectivity index (χ0n) is 7.04. The number of nitrogens with one attached hydrogen (secondary N) is 1. The van der Waals surface area contributed by atoms with Crippen LogP contribution < -0.4 is 0 Å². The van der Waals surface area contributed by atoms with Gasteiger partial charge in [0.1, 0.15) is 0 Å². The number of halogens is 1. The maximum absolute atomic E-state index is 5.64. The smallest absolute Gasteiger partial charge is 0.223 e. The standard InChI is InChI=1S/C8H8ClN3O/c1-13-4-5-2-6-7(11-5)3-10-8(9)12-6/h2-3,11H,4H2,1H3. The molecule has 0 atom stereocenters. The molecule has 0 unspecified atom stereocenters. The number of rotatable bonds is 2. The minimum absolute atomic E-state index is 0.260. The number of ether oxygens (including phenoxy) is 1. The summed E-state index contributed by atoms with van der Waals surface area (Å²) in [5.41, 5.74) is 2.65. The second-order valence-corrected chi connectivity index (χ2v) is 3.00. The molecular formula is C8H8ClN3O. The molecule has 68 valence electrons. The Morgan fingerprint density at radius 3 is 3.23 bits per heavy atom. The average molecular weight is 198 g/mol. The lowest BCUT2D eigenvalue weighted by Crippen LogP contribution is -1.85. The summed E-state index contributed by atoms with van der Waals surface area (Å²) < 4.78 is 4.98. The predicted octanol–water partition coefficient (Wildman–Crippen LogP) is 1.76. The van der Waals surface area contributed by atoms with Gasteiger partial charge in [-0.05, 0) is 17.7 Å². The molecule has 2 heterocycles. The van der Waals surface area contributed by atoms with E-state index in [0.29, 0.717) is 6.61 Å². The summed E-state index contributed by atoms with van der Waals surface area (Å²) in [5.74, 6) is 0. The van der Waals surface area contributed by atoms with Crippen molar-refractivity contribution >= 4 is 22.6 Å². The molecule has 2 aromatic heterocycles. The van der Waals surface area contributed by atoms with Crippen molar-refractivity contribution in [1.82, 2.24) is 15.0 Å². The highest BCUT2D eigenvalue weighted by atomic mass is 35.5. The van der Waals surface area contributed by atoms with Gasteiger partial charge in [0.15, 0.2) is 0 Å². The third kappa shape index (κ3) is 1.64. The molecule has 0 bridgehead atoms. The minimum Gasteiger partial charge on any atom is -0.378 e. The molecule has 0 amide bonds. The third-order valence-electron chi connectivity index (χ3n) is 1.69. The van der Waals surface area contributed by atoms with Crippen LogP contribution in [-0.2, 0) is 11.3 Å². The fourth-order valence-electron chi connectivity index (χ4n) is 1.19. The molecule has 0 saturated carbocycles. The second kappa shape index (κ2) is 3.32. The summed E-state index contributed by atoms with van der Waals surface area (Å²) in [5, 5.41) is 0.260. The van der Waals surface area contributed by atoms with Crippen LogP contribution in [0.3, 0.4) is 0 Å².